The SMILES string of the molecule is Cc1csc2cccc(OC3CCNC3)c12. The molecule has 0 saturated carbocycles. The molecule has 2 heterocycles. The van der Waals surface area contributed by atoms with Gasteiger partial charge in [0.2, 0.25) is 0 Å². The van der Waals surface area contributed by atoms with Gasteiger partial charge < -0.3 is 10.1 Å². The average molecular weight is 233 g/mol. The summed E-state index contributed by atoms with van der Waals surface area (Å²) in [6.07, 6.45) is 1.45. The number of hydrogen-bond acceptors (Lipinski definition) is 3. The highest BCUT2D eigenvalue weighted by molar-refractivity contribution is 7.17. The highest BCUT2D eigenvalue weighted by atomic mass is 32.1. The molecule has 1 unspecified atom stereocenters. The lowest BCUT2D eigenvalue weighted by atomic mass is 10.2. The minimum Gasteiger partial charge on any atom is -0.488 e. The average Bonchev–Trinajstić information content (AvgIpc) is 2.90. The normalized spacial score (nSPS) is 20.4. The van der Waals surface area contributed by atoms with Crippen molar-refractivity contribution in [3.8, 4) is 5.75 Å². The predicted octanol–water partition coefficient (Wildman–Crippen LogP) is 2.95. The van der Waals surface area contributed by atoms with E-state index < -0.39 is 0 Å². The van der Waals surface area contributed by atoms with Crippen LogP contribution in [0.3, 0.4) is 0 Å². The molecule has 1 fully saturated rings. The summed E-state index contributed by atoms with van der Waals surface area (Å²) in [6, 6.07) is 6.32. The van der Waals surface area contributed by atoms with Crippen LogP contribution in [-0.4, -0.2) is 19.2 Å². The molecule has 1 aliphatic rings. The Balaban J connectivity index is 1.98. The molecule has 0 radical (unpaired) electrons. The van der Waals surface area contributed by atoms with Crippen molar-refractivity contribution in [3.05, 3.63) is 29.1 Å². The van der Waals surface area contributed by atoms with Gasteiger partial charge in [-0.1, -0.05) is 6.07 Å². The fourth-order valence-electron chi connectivity index (χ4n) is 2.22. The quantitative estimate of drug-likeness (QED) is 0.861. The summed E-state index contributed by atoms with van der Waals surface area (Å²) in [5.41, 5.74) is 1.32. The smallest absolute Gasteiger partial charge is 0.128 e. The van der Waals surface area contributed by atoms with Crippen LogP contribution in [0.25, 0.3) is 10.1 Å². The third-order valence-electron chi connectivity index (χ3n) is 3.05. The van der Waals surface area contributed by atoms with E-state index in [-0.39, 0.29) is 0 Å². The Kier molecular flexibility index (Phi) is 2.58. The van der Waals surface area contributed by atoms with E-state index in [0.717, 1.165) is 25.3 Å². The molecule has 0 bridgehead atoms. The van der Waals surface area contributed by atoms with E-state index >= 15 is 0 Å². The Morgan fingerprint density at radius 2 is 2.38 bits per heavy atom. The zero-order valence-corrected chi connectivity index (χ0v) is 10.1. The summed E-state index contributed by atoms with van der Waals surface area (Å²) in [6.45, 7) is 4.20. The molecule has 1 aromatic heterocycles. The second kappa shape index (κ2) is 4.07. The molecule has 1 aliphatic heterocycles. The summed E-state index contributed by atoms with van der Waals surface area (Å²) in [7, 11) is 0. The number of fused-ring (bicyclic) bond motifs is 1. The molecule has 3 heteroatoms. The number of nitrogens with one attached hydrogen (secondary N) is 1. The molecule has 1 N–H and O–H groups in total. The molecule has 2 nitrogen and oxygen atoms in total. The second-order valence-electron chi connectivity index (χ2n) is 4.28. The van der Waals surface area contributed by atoms with E-state index in [1.807, 2.05) is 0 Å². The standard InChI is InChI=1S/C13H15NOS/c1-9-8-16-12-4-2-3-11(13(9)12)15-10-5-6-14-7-10/h2-4,8,10,14H,5-7H2,1H3. The number of hydrogen-bond donors (Lipinski definition) is 1. The Morgan fingerprint density at radius 3 is 3.19 bits per heavy atom. The molecule has 1 aromatic carbocycles. The molecule has 0 amide bonds. The molecule has 0 spiro atoms. The van der Waals surface area contributed by atoms with Crippen LogP contribution in [0.1, 0.15) is 12.0 Å². The predicted molar refractivity (Wildman–Crippen MR) is 68.5 cm³/mol. The van der Waals surface area contributed by atoms with E-state index in [4.69, 9.17) is 4.74 Å². The lowest BCUT2D eigenvalue weighted by Gasteiger charge is -2.13. The third kappa shape index (κ3) is 1.70. The van der Waals surface area contributed by atoms with Gasteiger partial charge in [-0.2, -0.15) is 0 Å². The van der Waals surface area contributed by atoms with Crippen LogP contribution in [0.15, 0.2) is 23.6 Å². The lowest BCUT2D eigenvalue weighted by molar-refractivity contribution is 0.226. The third-order valence-corrected chi connectivity index (χ3v) is 4.12. The van der Waals surface area contributed by atoms with Crippen LogP contribution in [0.4, 0.5) is 0 Å². The summed E-state index contributed by atoms with van der Waals surface area (Å²) < 4.78 is 7.39. The monoisotopic (exact) mass is 233 g/mol. The molecular weight excluding hydrogens is 218 g/mol. The van der Waals surface area contributed by atoms with Crippen LogP contribution < -0.4 is 10.1 Å². The zero-order chi connectivity index (χ0) is 11.0. The molecule has 2 aromatic rings. The van der Waals surface area contributed by atoms with E-state index in [1.165, 1.54) is 15.6 Å². The van der Waals surface area contributed by atoms with Crippen LogP contribution >= 0.6 is 11.3 Å². The number of thiophene rings is 1. The van der Waals surface area contributed by atoms with E-state index in [9.17, 15) is 0 Å². The van der Waals surface area contributed by atoms with Crippen molar-refractivity contribution >= 4 is 21.4 Å². The fourth-order valence-corrected chi connectivity index (χ4v) is 3.17. The van der Waals surface area contributed by atoms with Crippen molar-refractivity contribution in [1.82, 2.24) is 5.32 Å². The first kappa shape index (κ1) is 10.1. The van der Waals surface area contributed by atoms with Gasteiger partial charge in [-0.15, -0.1) is 11.3 Å². The first-order valence-electron chi connectivity index (χ1n) is 5.69. The summed E-state index contributed by atoms with van der Waals surface area (Å²) in [5, 5.41) is 6.82. The maximum atomic E-state index is 6.07. The summed E-state index contributed by atoms with van der Waals surface area (Å²) in [5.74, 6) is 1.05. The van der Waals surface area contributed by atoms with Gasteiger partial charge in [-0.05, 0) is 43.0 Å². The highest BCUT2D eigenvalue weighted by Gasteiger charge is 2.17. The minimum absolute atomic E-state index is 0.338. The zero-order valence-electron chi connectivity index (χ0n) is 9.32. The van der Waals surface area contributed by atoms with Gasteiger partial charge in [-0.3, -0.25) is 0 Å². The Hall–Kier alpha value is -1.06. The van der Waals surface area contributed by atoms with Crippen LogP contribution in [0.5, 0.6) is 5.75 Å². The van der Waals surface area contributed by atoms with Gasteiger partial charge in [0.05, 0.1) is 0 Å². The molecule has 84 valence electrons. The molecule has 1 saturated heterocycles. The molecule has 16 heavy (non-hydrogen) atoms. The minimum atomic E-state index is 0.338. The maximum absolute atomic E-state index is 6.07. The Labute approximate surface area is 99.2 Å². The lowest BCUT2D eigenvalue weighted by Crippen LogP contribution is -2.19. The maximum Gasteiger partial charge on any atom is 0.128 e. The fraction of sp³-hybridized carbons (Fsp3) is 0.385. The number of ether oxygens (including phenoxy) is 1. The van der Waals surface area contributed by atoms with Gasteiger partial charge in [0, 0.05) is 16.6 Å². The van der Waals surface area contributed by atoms with E-state index in [0.29, 0.717) is 6.10 Å². The van der Waals surface area contributed by atoms with Gasteiger partial charge in [0.1, 0.15) is 11.9 Å². The van der Waals surface area contributed by atoms with Gasteiger partial charge in [0.15, 0.2) is 0 Å². The first-order valence-corrected chi connectivity index (χ1v) is 6.57. The van der Waals surface area contributed by atoms with Crippen LogP contribution in [0.2, 0.25) is 0 Å². The molecule has 3 rings (SSSR count). The van der Waals surface area contributed by atoms with Crippen LogP contribution in [-0.2, 0) is 0 Å². The van der Waals surface area contributed by atoms with Gasteiger partial charge >= 0.3 is 0 Å². The highest BCUT2D eigenvalue weighted by Crippen LogP contribution is 2.34. The summed E-state index contributed by atoms with van der Waals surface area (Å²) >= 11 is 1.79. The van der Waals surface area contributed by atoms with Crippen molar-refractivity contribution < 1.29 is 4.74 Å². The summed E-state index contributed by atoms with van der Waals surface area (Å²) in [4.78, 5) is 0. The number of rotatable bonds is 2. The Bertz CT molecular complexity index is 500. The van der Waals surface area contributed by atoms with Crippen molar-refractivity contribution in [2.75, 3.05) is 13.1 Å². The molecular formula is C13H15NOS. The van der Waals surface area contributed by atoms with E-state index in [1.54, 1.807) is 11.3 Å². The first-order chi connectivity index (χ1) is 7.84. The number of aryl methyl sites for hydroxylation is 1. The number of benzene rings is 1. The van der Waals surface area contributed by atoms with Crippen LogP contribution in [0, 0.1) is 6.92 Å². The van der Waals surface area contributed by atoms with E-state index in [2.05, 4.69) is 35.8 Å². The van der Waals surface area contributed by atoms with Crippen molar-refractivity contribution in [2.45, 2.75) is 19.4 Å². The van der Waals surface area contributed by atoms with Gasteiger partial charge in [-0.25, -0.2) is 0 Å². The largest absolute Gasteiger partial charge is 0.488 e. The Morgan fingerprint density at radius 1 is 1.44 bits per heavy atom. The van der Waals surface area contributed by atoms with Crippen molar-refractivity contribution in [1.29, 1.82) is 0 Å². The van der Waals surface area contributed by atoms with Crippen molar-refractivity contribution in [3.63, 3.8) is 0 Å². The molecule has 0 aliphatic carbocycles. The van der Waals surface area contributed by atoms with Gasteiger partial charge in [0.25, 0.3) is 0 Å². The molecule has 1 atom stereocenters. The van der Waals surface area contributed by atoms with Crippen molar-refractivity contribution in [2.24, 2.45) is 0 Å². The topological polar surface area (TPSA) is 21.3 Å². The second-order valence-corrected chi connectivity index (χ2v) is 5.19.